The summed E-state index contributed by atoms with van der Waals surface area (Å²) in [6.45, 7) is 5.04. The number of rotatable bonds is 6. The Bertz CT molecular complexity index is 454. The molecule has 0 amide bonds. The molecule has 1 rings (SSSR count). The van der Waals surface area contributed by atoms with Gasteiger partial charge in [0.25, 0.3) is 0 Å². The average molecular weight is 244 g/mol. The van der Waals surface area contributed by atoms with Crippen molar-refractivity contribution in [3.05, 3.63) is 11.9 Å². The van der Waals surface area contributed by atoms with Crippen LogP contribution >= 0.6 is 0 Å². The van der Waals surface area contributed by atoms with Crippen molar-refractivity contribution in [2.45, 2.75) is 20.3 Å². The molecule has 1 N–H and O–H groups in total. The smallest absolute Gasteiger partial charge is 0.139 e. The van der Waals surface area contributed by atoms with Crippen LogP contribution in [0.25, 0.3) is 0 Å². The molecule has 0 aliphatic rings. The first-order valence-electron chi connectivity index (χ1n) is 5.85. The number of nitrogens with one attached hydrogen (secondary N) is 1. The number of aromatic nitrogens is 2. The van der Waals surface area contributed by atoms with Crippen LogP contribution in [0.2, 0.25) is 0 Å². The van der Waals surface area contributed by atoms with Gasteiger partial charge in [-0.3, -0.25) is 0 Å². The van der Waals surface area contributed by atoms with E-state index in [4.69, 9.17) is 10.5 Å². The third kappa shape index (κ3) is 3.08. The minimum absolute atomic E-state index is 0.142. The Kier molecular flexibility index (Phi) is 5.40. The second-order valence-corrected chi connectivity index (χ2v) is 3.58. The van der Waals surface area contributed by atoms with Gasteiger partial charge >= 0.3 is 0 Å². The Morgan fingerprint density at radius 3 is 2.39 bits per heavy atom. The molecule has 6 heteroatoms. The maximum absolute atomic E-state index is 8.80. The van der Waals surface area contributed by atoms with E-state index in [0.717, 1.165) is 24.3 Å². The van der Waals surface area contributed by atoms with E-state index in [-0.39, 0.29) is 13.1 Å². The molecule has 1 aromatic rings. The molecule has 0 unspecified atom stereocenters. The molecule has 0 aromatic carbocycles. The first-order chi connectivity index (χ1) is 8.78. The van der Waals surface area contributed by atoms with Crippen molar-refractivity contribution in [2.24, 2.45) is 0 Å². The van der Waals surface area contributed by atoms with Gasteiger partial charge in [0.15, 0.2) is 0 Å². The number of hydrogen-bond acceptors (Lipinski definition) is 6. The normalized spacial score (nSPS) is 9.33. The minimum Gasteiger partial charge on any atom is -0.370 e. The van der Waals surface area contributed by atoms with Gasteiger partial charge in [-0.1, -0.05) is 6.92 Å². The molecule has 18 heavy (non-hydrogen) atoms. The Balaban J connectivity index is 3.17. The van der Waals surface area contributed by atoms with Gasteiger partial charge in [-0.05, 0) is 13.3 Å². The summed E-state index contributed by atoms with van der Waals surface area (Å²) in [6, 6.07) is 4.10. The van der Waals surface area contributed by atoms with E-state index in [1.807, 2.05) is 26.0 Å². The summed E-state index contributed by atoms with van der Waals surface area (Å²) in [5, 5.41) is 20.8. The first kappa shape index (κ1) is 13.7. The highest BCUT2D eigenvalue weighted by atomic mass is 15.2. The highest BCUT2D eigenvalue weighted by Gasteiger charge is 2.15. The zero-order valence-electron chi connectivity index (χ0n) is 10.6. The van der Waals surface area contributed by atoms with E-state index >= 15 is 0 Å². The van der Waals surface area contributed by atoms with Crippen LogP contribution in [0.1, 0.15) is 19.4 Å². The summed E-state index contributed by atoms with van der Waals surface area (Å²) in [5.74, 6) is 1.43. The van der Waals surface area contributed by atoms with Gasteiger partial charge in [0.05, 0.1) is 12.1 Å². The summed E-state index contributed by atoms with van der Waals surface area (Å²) in [7, 11) is 0. The standard InChI is InChI=1S/C12H16N6/c1-3-10-11(15-4-2)16-9-17-12(10)18(7-5-13)8-6-14/h9H,3-4,7-8H2,1-2H3,(H,15,16,17). The van der Waals surface area contributed by atoms with Crippen LogP contribution in [0.15, 0.2) is 6.33 Å². The van der Waals surface area contributed by atoms with Gasteiger partial charge in [-0.25, -0.2) is 9.97 Å². The van der Waals surface area contributed by atoms with Crippen molar-refractivity contribution in [1.29, 1.82) is 10.5 Å². The molecule has 0 bridgehead atoms. The number of anilines is 2. The third-order valence-electron chi connectivity index (χ3n) is 2.44. The Labute approximate surface area is 107 Å². The van der Waals surface area contributed by atoms with Crippen LogP contribution in [0, 0.1) is 22.7 Å². The maximum atomic E-state index is 8.80. The van der Waals surface area contributed by atoms with E-state index in [1.165, 1.54) is 6.33 Å². The van der Waals surface area contributed by atoms with Crippen LogP contribution in [0.5, 0.6) is 0 Å². The predicted octanol–water partition coefficient (Wildman–Crippen LogP) is 1.32. The topological polar surface area (TPSA) is 88.6 Å². The van der Waals surface area contributed by atoms with Crippen LogP contribution in [-0.4, -0.2) is 29.6 Å². The van der Waals surface area contributed by atoms with Gasteiger partial charge in [0.1, 0.15) is 31.1 Å². The molecule has 1 aromatic heterocycles. The molecule has 0 spiro atoms. The predicted molar refractivity (Wildman–Crippen MR) is 69.0 cm³/mol. The fourth-order valence-electron chi connectivity index (χ4n) is 1.70. The Morgan fingerprint density at radius 2 is 1.89 bits per heavy atom. The lowest BCUT2D eigenvalue weighted by Gasteiger charge is -2.21. The molecule has 0 aliphatic carbocycles. The third-order valence-corrected chi connectivity index (χ3v) is 2.44. The van der Waals surface area contributed by atoms with Gasteiger partial charge in [0.2, 0.25) is 0 Å². The quantitative estimate of drug-likeness (QED) is 0.759. The largest absolute Gasteiger partial charge is 0.370 e. The van der Waals surface area contributed by atoms with E-state index in [9.17, 15) is 0 Å². The fraction of sp³-hybridized carbons (Fsp3) is 0.500. The van der Waals surface area contributed by atoms with Crippen molar-refractivity contribution < 1.29 is 0 Å². The van der Waals surface area contributed by atoms with Crippen LogP contribution in [-0.2, 0) is 6.42 Å². The lowest BCUT2D eigenvalue weighted by Crippen LogP contribution is -2.26. The summed E-state index contributed by atoms with van der Waals surface area (Å²) in [5.41, 5.74) is 0.935. The first-order valence-corrected chi connectivity index (χ1v) is 5.85. The van der Waals surface area contributed by atoms with Crippen molar-refractivity contribution in [3.8, 4) is 12.1 Å². The molecule has 0 aliphatic heterocycles. The van der Waals surface area contributed by atoms with Gasteiger partial charge in [-0.15, -0.1) is 0 Å². The second kappa shape index (κ2) is 7.08. The summed E-state index contributed by atoms with van der Waals surface area (Å²) < 4.78 is 0. The number of nitrogens with zero attached hydrogens (tertiary/aromatic N) is 5. The van der Waals surface area contributed by atoms with Gasteiger partial charge in [-0.2, -0.15) is 10.5 Å². The maximum Gasteiger partial charge on any atom is 0.139 e. The molecule has 94 valence electrons. The Hall–Kier alpha value is -2.34. The SMILES string of the molecule is CCNc1ncnc(N(CC#N)CC#N)c1CC. The molecule has 0 atom stereocenters. The monoisotopic (exact) mass is 244 g/mol. The van der Waals surface area contributed by atoms with E-state index < -0.39 is 0 Å². The highest BCUT2D eigenvalue weighted by molar-refractivity contribution is 5.59. The molecule has 0 radical (unpaired) electrons. The summed E-state index contributed by atoms with van der Waals surface area (Å²) in [6.07, 6.45) is 2.19. The summed E-state index contributed by atoms with van der Waals surface area (Å²) in [4.78, 5) is 10.0. The number of nitriles is 2. The molecular weight excluding hydrogens is 228 g/mol. The van der Waals surface area contributed by atoms with Crippen molar-refractivity contribution >= 4 is 11.6 Å². The zero-order chi connectivity index (χ0) is 13.4. The molecule has 0 saturated heterocycles. The average Bonchev–Trinajstić information content (AvgIpc) is 2.38. The Morgan fingerprint density at radius 1 is 1.22 bits per heavy atom. The van der Waals surface area contributed by atoms with Crippen LogP contribution in [0.3, 0.4) is 0 Å². The summed E-state index contributed by atoms with van der Waals surface area (Å²) >= 11 is 0. The number of hydrogen-bond donors (Lipinski definition) is 1. The minimum atomic E-state index is 0.142. The van der Waals surface area contributed by atoms with Crippen LogP contribution < -0.4 is 10.2 Å². The van der Waals surface area contributed by atoms with Gasteiger partial charge in [0, 0.05) is 12.1 Å². The highest BCUT2D eigenvalue weighted by Crippen LogP contribution is 2.23. The van der Waals surface area contributed by atoms with E-state index in [0.29, 0.717) is 5.82 Å². The van der Waals surface area contributed by atoms with Crippen molar-refractivity contribution in [2.75, 3.05) is 29.9 Å². The van der Waals surface area contributed by atoms with Crippen molar-refractivity contribution in [1.82, 2.24) is 9.97 Å². The molecule has 1 heterocycles. The van der Waals surface area contributed by atoms with E-state index in [1.54, 1.807) is 4.90 Å². The lowest BCUT2D eigenvalue weighted by molar-refractivity contribution is 0.897. The van der Waals surface area contributed by atoms with Gasteiger partial charge < -0.3 is 10.2 Å². The van der Waals surface area contributed by atoms with Crippen molar-refractivity contribution in [3.63, 3.8) is 0 Å². The molecular formula is C12H16N6. The molecule has 6 nitrogen and oxygen atoms in total. The van der Waals surface area contributed by atoms with Crippen LogP contribution in [0.4, 0.5) is 11.6 Å². The van der Waals surface area contributed by atoms with E-state index in [2.05, 4.69) is 15.3 Å². The molecule has 0 fully saturated rings. The zero-order valence-corrected chi connectivity index (χ0v) is 10.6. The fourth-order valence-corrected chi connectivity index (χ4v) is 1.70. The lowest BCUT2D eigenvalue weighted by atomic mass is 10.2. The second-order valence-electron chi connectivity index (χ2n) is 3.58. The molecule has 0 saturated carbocycles.